The molecule has 4 rings (SSSR count). The average molecular weight is 487 g/mol. The number of halogens is 4. The molecule has 2 heterocycles. The van der Waals surface area contributed by atoms with Gasteiger partial charge in [-0.1, -0.05) is 30.3 Å². The fourth-order valence-corrected chi connectivity index (χ4v) is 3.83. The number of fused-ring (bicyclic) bond motifs is 1. The number of benzene rings is 2. The van der Waals surface area contributed by atoms with Gasteiger partial charge in [0.2, 0.25) is 5.60 Å². The predicted octanol–water partition coefficient (Wildman–Crippen LogP) is 4.25. The van der Waals surface area contributed by atoms with Crippen LogP contribution in [0.2, 0.25) is 0 Å². The molecule has 0 spiro atoms. The van der Waals surface area contributed by atoms with E-state index in [1.165, 1.54) is 23.7 Å². The van der Waals surface area contributed by atoms with Gasteiger partial charge in [0, 0.05) is 5.39 Å². The van der Waals surface area contributed by atoms with E-state index in [0.717, 1.165) is 6.20 Å². The zero-order valence-electron chi connectivity index (χ0n) is 18.8. The standard InChI is InChI=1S/C24H21F4N5O2/c1-3-23(35,24(26,27)28)21-12-33(32-31-21)11-14-4-6-16-17(15-5-7-18(25)13(2)8-15)10-20(22(29)34)30-19(16)9-14/h4-10,12,35H,3,11H2,1-2H3,(H2,29,34)/t23-/m0/s1. The lowest BCUT2D eigenvalue weighted by Gasteiger charge is -2.26. The number of hydrogen-bond acceptors (Lipinski definition) is 5. The molecule has 1 atom stereocenters. The quantitative estimate of drug-likeness (QED) is 0.396. The Balaban J connectivity index is 1.74. The molecule has 1 amide bonds. The lowest BCUT2D eigenvalue weighted by molar-refractivity contribution is -0.269. The van der Waals surface area contributed by atoms with Crippen LogP contribution in [0.25, 0.3) is 22.0 Å². The molecule has 4 aromatic rings. The lowest BCUT2D eigenvalue weighted by Crippen LogP contribution is -2.42. The zero-order chi connectivity index (χ0) is 25.5. The Morgan fingerprint density at radius 1 is 1.14 bits per heavy atom. The van der Waals surface area contributed by atoms with Gasteiger partial charge in [0.15, 0.2) is 0 Å². The van der Waals surface area contributed by atoms with E-state index in [-0.39, 0.29) is 18.1 Å². The summed E-state index contributed by atoms with van der Waals surface area (Å²) < 4.78 is 55.0. The summed E-state index contributed by atoms with van der Waals surface area (Å²) in [5.41, 5.74) is 4.50. The Labute approximate surface area is 197 Å². The first-order valence-corrected chi connectivity index (χ1v) is 10.6. The van der Waals surface area contributed by atoms with Crippen LogP contribution in [0.5, 0.6) is 0 Å². The Kier molecular flexibility index (Phi) is 6.05. The highest BCUT2D eigenvalue weighted by atomic mass is 19.4. The maximum Gasteiger partial charge on any atom is 0.423 e. The Bertz CT molecular complexity index is 1430. The SMILES string of the molecule is CC[C@](O)(c1cn(Cc2ccc3c(-c4ccc(F)c(C)c4)cc(C(N)=O)nc3c2)nn1)C(F)(F)F. The number of alkyl halides is 3. The number of carbonyl (C=O) groups is 1. The molecule has 2 aromatic carbocycles. The maximum absolute atomic E-state index is 13.8. The average Bonchev–Trinajstić information content (AvgIpc) is 3.27. The monoisotopic (exact) mass is 487 g/mol. The van der Waals surface area contributed by atoms with Gasteiger partial charge in [-0.2, -0.15) is 13.2 Å². The summed E-state index contributed by atoms with van der Waals surface area (Å²) >= 11 is 0. The van der Waals surface area contributed by atoms with Crippen LogP contribution in [0.3, 0.4) is 0 Å². The molecule has 0 fully saturated rings. The van der Waals surface area contributed by atoms with Gasteiger partial charge in [-0.3, -0.25) is 4.79 Å². The van der Waals surface area contributed by atoms with Crippen LogP contribution < -0.4 is 5.73 Å². The van der Waals surface area contributed by atoms with Gasteiger partial charge >= 0.3 is 6.18 Å². The van der Waals surface area contributed by atoms with Crippen LogP contribution in [0.4, 0.5) is 17.6 Å². The second-order valence-corrected chi connectivity index (χ2v) is 8.25. The molecule has 0 bridgehead atoms. The van der Waals surface area contributed by atoms with E-state index in [2.05, 4.69) is 15.3 Å². The number of aromatic nitrogens is 4. The highest BCUT2D eigenvalue weighted by molar-refractivity contribution is 6.01. The van der Waals surface area contributed by atoms with E-state index in [1.54, 1.807) is 37.3 Å². The van der Waals surface area contributed by atoms with Gasteiger partial charge in [-0.05, 0) is 59.9 Å². The molecule has 0 aliphatic rings. The number of aryl methyl sites for hydroxylation is 1. The minimum absolute atomic E-state index is 0.00728. The minimum Gasteiger partial charge on any atom is -0.375 e. The second kappa shape index (κ2) is 8.73. The summed E-state index contributed by atoms with van der Waals surface area (Å²) in [6, 6.07) is 11.2. The number of hydrogen-bond donors (Lipinski definition) is 2. The van der Waals surface area contributed by atoms with Crippen molar-refractivity contribution in [2.45, 2.75) is 38.6 Å². The normalized spacial score (nSPS) is 13.7. The van der Waals surface area contributed by atoms with E-state index in [4.69, 9.17) is 5.73 Å². The number of nitrogens with two attached hydrogens (primary N) is 1. The van der Waals surface area contributed by atoms with Crippen molar-refractivity contribution in [1.82, 2.24) is 20.0 Å². The topological polar surface area (TPSA) is 107 Å². The third kappa shape index (κ3) is 4.46. The van der Waals surface area contributed by atoms with Crippen molar-refractivity contribution in [1.29, 1.82) is 0 Å². The van der Waals surface area contributed by atoms with Gasteiger partial charge in [-0.25, -0.2) is 14.1 Å². The van der Waals surface area contributed by atoms with Crippen LogP contribution in [-0.4, -0.2) is 37.2 Å². The molecule has 2 aromatic heterocycles. The molecule has 3 N–H and O–H groups in total. The third-order valence-electron chi connectivity index (χ3n) is 5.88. The van der Waals surface area contributed by atoms with E-state index in [9.17, 15) is 27.5 Å². The van der Waals surface area contributed by atoms with E-state index < -0.39 is 29.8 Å². The van der Waals surface area contributed by atoms with E-state index >= 15 is 0 Å². The number of primary amides is 1. The largest absolute Gasteiger partial charge is 0.423 e. The summed E-state index contributed by atoms with van der Waals surface area (Å²) in [4.78, 5) is 16.2. The Hall–Kier alpha value is -3.86. The zero-order valence-corrected chi connectivity index (χ0v) is 18.8. The van der Waals surface area contributed by atoms with E-state index in [1.807, 2.05) is 0 Å². The molecule has 0 aliphatic heterocycles. The molecule has 7 nitrogen and oxygen atoms in total. The summed E-state index contributed by atoms with van der Waals surface area (Å²) in [6.07, 6.45) is -4.48. The van der Waals surface area contributed by atoms with Gasteiger partial charge < -0.3 is 10.8 Å². The van der Waals surface area contributed by atoms with Gasteiger partial charge in [0.25, 0.3) is 5.91 Å². The van der Waals surface area contributed by atoms with Crippen LogP contribution >= 0.6 is 0 Å². The summed E-state index contributed by atoms with van der Waals surface area (Å²) in [5, 5.41) is 18.0. The van der Waals surface area contributed by atoms with Gasteiger partial charge in [-0.15, -0.1) is 5.10 Å². The Morgan fingerprint density at radius 3 is 2.51 bits per heavy atom. The fraction of sp³-hybridized carbons (Fsp3) is 0.250. The molecule has 0 radical (unpaired) electrons. The van der Waals surface area contributed by atoms with Crippen molar-refractivity contribution in [3.8, 4) is 11.1 Å². The van der Waals surface area contributed by atoms with Crippen molar-refractivity contribution < 1.29 is 27.5 Å². The van der Waals surface area contributed by atoms with Crippen LogP contribution in [-0.2, 0) is 12.1 Å². The van der Waals surface area contributed by atoms with Crippen molar-refractivity contribution in [3.63, 3.8) is 0 Å². The number of pyridine rings is 1. The fourth-order valence-electron chi connectivity index (χ4n) is 3.83. The summed E-state index contributed by atoms with van der Waals surface area (Å²) in [6.45, 7) is 2.87. The molecule has 0 saturated heterocycles. The van der Waals surface area contributed by atoms with Crippen molar-refractivity contribution >= 4 is 16.8 Å². The second-order valence-electron chi connectivity index (χ2n) is 8.25. The molecule has 0 saturated carbocycles. The number of aliphatic hydroxyl groups is 1. The number of carbonyl (C=O) groups excluding carboxylic acids is 1. The number of amides is 1. The van der Waals surface area contributed by atoms with E-state index in [0.29, 0.717) is 33.2 Å². The molecule has 35 heavy (non-hydrogen) atoms. The molecule has 0 unspecified atom stereocenters. The smallest absolute Gasteiger partial charge is 0.375 e. The van der Waals surface area contributed by atoms with Gasteiger partial charge in [0.1, 0.15) is 17.2 Å². The van der Waals surface area contributed by atoms with Crippen LogP contribution in [0.15, 0.2) is 48.7 Å². The third-order valence-corrected chi connectivity index (χ3v) is 5.88. The molecule has 0 aliphatic carbocycles. The van der Waals surface area contributed by atoms with Crippen LogP contribution in [0.1, 0.15) is 40.7 Å². The van der Waals surface area contributed by atoms with Crippen molar-refractivity contribution in [3.05, 3.63) is 77.0 Å². The molecule has 11 heteroatoms. The summed E-state index contributed by atoms with van der Waals surface area (Å²) in [7, 11) is 0. The first-order chi connectivity index (χ1) is 16.4. The van der Waals surface area contributed by atoms with Crippen molar-refractivity contribution in [2.24, 2.45) is 5.73 Å². The van der Waals surface area contributed by atoms with Crippen molar-refractivity contribution in [2.75, 3.05) is 0 Å². The highest BCUT2D eigenvalue weighted by Gasteiger charge is 2.55. The first kappa shape index (κ1) is 24.3. The number of nitrogens with zero attached hydrogens (tertiary/aromatic N) is 4. The maximum atomic E-state index is 13.8. The molecular formula is C24H21F4N5O2. The molecule has 182 valence electrons. The van der Waals surface area contributed by atoms with Gasteiger partial charge in [0.05, 0.1) is 18.3 Å². The molecular weight excluding hydrogens is 466 g/mol. The van der Waals surface area contributed by atoms with Crippen LogP contribution in [0, 0.1) is 12.7 Å². The summed E-state index contributed by atoms with van der Waals surface area (Å²) in [5.74, 6) is -1.11. The first-order valence-electron chi connectivity index (χ1n) is 10.6. The minimum atomic E-state index is -4.91. The highest BCUT2D eigenvalue weighted by Crippen LogP contribution is 2.40. The number of rotatable bonds is 6. The Morgan fingerprint density at radius 2 is 1.89 bits per heavy atom. The lowest BCUT2D eigenvalue weighted by atomic mass is 9.96. The predicted molar refractivity (Wildman–Crippen MR) is 120 cm³/mol.